The monoisotopic (exact) mass is 741 g/mol. The Balaban J connectivity index is 0.950. The third-order valence-corrected chi connectivity index (χ3v) is 11.2. The summed E-state index contributed by atoms with van der Waals surface area (Å²) in [6.45, 7) is 0. The molecule has 0 fully saturated rings. The molecule has 1 aliphatic rings. The van der Waals surface area contributed by atoms with Crippen LogP contribution in [-0.4, -0.2) is 15.0 Å². The number of hydrogen-bond donors (Lipinski definition) is 0. The number of hydrogen-bond acceptors (Lipinski definition) is 4. The first-order valence-electron chi connectivity index (χ1n) is 19.6. The van der Waals surface area contributed by atoms with Crippen molar-refractivity contribution in [2.45, 2.75) is 6.42 Å². The van der Waals surface area contributed by atoms with Gasteiger partial charge in [-0.2, -0.15) is 0 Å². The summed E-state index contributed by atoms with van der Waals surface area (Å²) in [6.07, 6.45) is 3.26. The molecular formula is C54H35N3O. The van der Waals surface area contributed by atoms with E-state index < -0.39 is 0 Å². The number of furan rings is 1. The predicted molar refractivity (Wildman–Crippen MR) is 238 cm³/mol. The van der Waals surface area contributed by atoms with Gasteiger partial charge in [0.2, 0.25) is 0 Å². The molecule has 58 heavy (non-hydrogen) atoms. The van der Waals surface area contributed by atoms with Crippen LogP contribution in [-0.2, 0) is 6.42 Å². The molecule has 272 valence electrons. The molecule has 4 nitrogen and oxygen atoms in total. The first-order valence-corrected chi connectivity index (χ1v) is 19.6. The molecule has 0 atom stereocenters. The molecule has 8 aromatic carbocycles. The molecule has 4 heteroatoms. The highest BCUT2D eigenvalue weighted by Crippen LogP contribution is 2.40. The minimum Gasteiger partial charge on any atom is -0.456 e. The van der Waals surface area contributed by atoms with E-state index in [1.54, 1.807) is 0 Å². The minimum atomic E-state index is 0.617. The molecule has 0 unspecified atom stereocenters. The Morgan fingerprint density at radius 2 is 0.897 bits per heavy atom. The third kappa shape index (κ3) is 6.18. The number of allylic oxidation sites excluding steroid dienone is 1. The summed E-state index contributed by atoms with van der Waals surface area (Å²) in [5.74, 6) is 1.89. The highest BCUT2D eigenvalue weighted by molar-refractivity contribution is 6.07. The molecule has 11 rings (SSSR count). The second kappa shape index (κ2) is 14.1. The van der Waals surface area contributed by atoms with Crippen LogP contribution in [0.4, 0.5) is 0 Å². The van der Waals surface area contributed by atoms with Gasteiger partial charge in [-0.05, 0) is 105 Å². The van der Waals surface area contributed by atoms with Crippen molar-refractivity contribution in [1.82, 2.24) is 15.0 Å². The van der Waals surface area contributed by atoms with Crippen molar-refractivity contribution in [1.29, 1.82) is 0 Å². The molecule has 0 spiro atoms. The van der Waals surface area contributed by atoms with E-state index in [0.717, 1.165) is 56.2 Å². The van der Waals surface area contributed by atoms with Crippen molar-refractivity contribution in [3.63, 3.8) is 0 Å². The quantitative estimate of drug-likeness (QED) is 0.170. The second-order valence-corrected chi connectivity index (χ2v) is 14.8. The lowest BCUT2D eigenvalue weighted by Crippen LogP contribution is -2.00. The molecule has 0 bridgehead atoms. The van der Waals surface area contributed by atoms with Gasteiger partial charge in [0, 0.05) is 27.5 Å². The van der Waals surface area contributed by atoms with E-state index in [4.69, 9.17) is 19.4 Å². The van der Waals surface area contributed by atoms with Crippen LogP contribution in [0.1, 0.15) is 16.7 Å². The van der Waals surface area contributed by atoms with E-state index in [1.807, 2.05) is 72.8 Å². The van der Waals surface area contributed by atoms with Gasteiger partial charge in [0.05, 0.1) is 0 Å². The summed E-state index contributed by atoms with van der Waals surface area (Å²) in [4.78, 5) is 14.8. The van der Waals surface area contributed by atoms with Crippen LogP contribution in [0.25, 0.3) is 101 Å². The normalized spacial score (nSPS) is 12.2. The fourth-order valence-corrected chi connectivity index (χ4v) is 8.23. The Morgan fingerprint density at radius 3 is 1.60 bits per heavy atom. The Kier molecular flexibility index (Phi) is 8.18. The topological polar surface area (TPSA) is 51.8 Å². The molecule has 0 N–H and O–H groups in total. The predicted octanol–water partition coefficient (Wildman–Crippen LogP) is 13.9. The SMILES string of the molecule is C1=C(c2ccccc2)Cc2ccccc2-c2cc(-c3cccc(-c4ccc5c(c4)oc4ccc(-c6nc(-c7ccccc7)nc(-c7ccccc7)n6)cc45)c3)ccc21. The van der Waals surface area contributed by atoms with E-state index in [0.29, 0.717) is 17.5 Å². The zero-order valence-corrected chi connectivity index (χ0v) is 31.5. The molecule has 1 aliphatic carbocycles. The number of benzene rings is 8. The average Bonchev–Trinajstić information content (AvgIpc) is 3.58. The molecule has 0 amide bonds. The fourth-order valence-electron chi connectivity index (χ4n) is 8.23. The van der Waals surface area contributed by atoms with Gasteiger partial charge in [0.1, 0.15) is 11.2 Å². The summed E-state index contributed by atoms with van der Waals surface area (Å²) in [5, 5.41) is 2.06. The molecule has 0 aliphatic heterocycles. The lowest BCUT2D eigenvalue weighted by Gasteiger charge is -2.12. The lowest BCUT2D eigenvalue weighted by atomic mass is 9.92. The average molecular weight is 742 g/mol. The van der Waals surface area contributed by atoms with Gasteiger partial charge in [-0.25, -0.2) is 15.0 Å². The van der Waals surface area contributed by atoms with Crippen LogP contribution < -0.4 is 0 Å². The summed E-state index contributed by atoms with van der Waals surface area (Å²) < 4.78 is 6.50. The van der Waals surface area contributed by atoms with Gasteiger partial charge < -0.3 is 4.42 Å². The zero-order valence-electron chi connectivity index (χ0n) is 31.5. The van der Waals surface area contributed by atoms with E-state index in [9.17, 15) is 0 Å². The molecule has 0 radical (unpaired) electrons. The van der Waals surface area contributed by atoms with Crippen molar-refractivity contribution < 1.29 is 4.42 Å². The van der Waals surface area contributed by atoms with Crippen molar-refractivity contribution in [2.75, 3.05) is 0 Å². The summed E-state index contributed by atoms with van der Waals surface area (Å²) in [6, 6.07) is 68.1. The Hall–Kier alpha value is -7.69. The van der Waals surface area contributed by atoms with Crippen LogP contribution in [0.5, 0.6) is 0 Å². The van der Waals surface area contributed by atoms with Crippen molar-refractivity contribution in [3.05, 3.63) is 211 Å². The maximum Gasteiger partial charge on any atom is 0.164 e. The summed E-state index contributed by atoms with van der Waals surface area (Å²) in [5.41, 5.74) is 16.8. The molecule has 2 heterocycles. The molecule has 10 aromatic rings. The number of fused-ring (bicyclic) bond motifs is 6. The highest BCUT2D eigenvalue weighted by atomic mass is 16.3. The van der Waals surface area contributed by atoms with Gasteiger partial charge >= 0.3 is 0 Å². The van der Waals surface area contributed by atoms with E-state index >= 15 is 0 Å². The molecular weight excluding hydrogens is 707 g/mol. The Bertz CT molecular complexity index is 3130. The third-order valence-electron chi connectivity index (χ3n) is 11.2. The standard InChI is InChI=1S/C54H35N3O/c1-4-13-35(14-5-1)45-30-42-19-10-11-22-46(42)48-32-40(23-24-43(48)31-45)38-20-12-21-39(29-38)41-25-27-47-49-33-44(26-28-50(49)58-51(47)34-41)54-56-52(36-15-6-2-7-16-36)55-53(57-54)37-17-8-3-9-18-37/h1-29,31-34H,30H2. The molecule has 2 aromatic heterocycles. The van der Waals surface area contributed by atoms with Crippen LogP contribution in [0, 0.1) is 0 Å². The van der Waals surface area contributed by atoms with Crippen LogP contribution in [0.3, 0.4) is 0 Å². The van der Waals surface area contributed by atoms with Crippen LogP contribution in [0.15, 0.2) is 199 Å². The second-order valence-electron chi connectivity index (χ2n) is 14.8. The maximum atomic E-state index is 6.50. The lowest BCUT2D eigenvalue weighted by molar-refractivity contribution is 0.669. The number of rotatable bonds is 6. The van der Waals surface area contributed by atoms with Crippen molar-refractivity contribution in [3.8, 4) is 67.5 Å². The van der Waals surface area contributed by atoms with Gasteiger partial charge in [-0.15, -0.1) is 0 Å². The largest absolute Gasteiger partial charge is 0.456 e. The van der Waals surface area contributed by atoms with E-state index in [-0.39, 0.29) is 0 Å². The fraction of sp³-hybridized carbons (Fsp3) is 0.0185. The van der Waals surface area contributed by atoms with E-state index in [2.05, 4.69) is 127 Å². The van der Waals surface area contributed by atoms with Gasteiger partial charge in [-0.1, -0.05) is 158 Å². The smallest absolute Gasteiger partial charge is 0.164 e. The van der Waals surface area contributed by atoms with Crippen LogP contribution in [0.2, 0.25) is 0 Å². The van der Waals surface area contributed by atoms with Crippen molar-refractivity contribution in [2.24, 2.45) is 0 Å². The Morgan fingerprint density at radius 1 is 0.345 bits per heavy atom. The molecule has 0 saturated heterocycles. The minimum absolute atomic E-state index is 0.617. The first kappa shape index (κ1) is 33.6. The van der Waals surface area contributed by atoms with Gasteiger partial charge in [0.15, 0.2) is 17.5 Å². The first-order chi connectivity index (χ1) is 28.7. The zero-order chi connectivity index (χ0) is 38.4. The Labute approximate surface area is 336 Å². The van der Waals surface area contributed by atoms with Crippen molar-refractivity contribution >= 4 is 33.6 Å². The molecule has 0 saturated carbocycles. The van der Waals surface area contributed by atoms with Gasteiger partial charge in [0.25, 0.3) is 0 Å². The highest BCUT2D eigenvalue weighted by Gasteiger charge is 2.18. The number of aromatic nitrogens is 3. The number of nitrogens with zero attached hydrogens (tertiary/aromatic N) is 3. The van der Waals surface area contributed by atoms with Gasteiger partial charge in [-0.3, -0.25) is 0 Å². The van der Waals surface area contributed by atoms with E-state index in [1.165, 1.54) is 44.5 Å². The van der Waals surface area contributed by atoms with Crippen LogP contribution >= 0.6 is 0 Å². The summed E-state index contributed by atoms with van der Waals surface area (Å²) in [7, 11) is 0. The summed E-state index contributed by atoms with van der Waals surface area (Å²) >= 11 is 0. The maximum absolute atomic E-state index is 6.50.